The van der Waals surface area contributed by atoms with E-state index in [-0.39, 0.29) is 0 Å². The van der Waals surface area contributed by atoms with Crippen molar-refractivity contribution in [2.24, 2.45) is 0 Å². The van der Waals surface area contributed by atoms with Gasteiger partial charge in [0.1, 0.15) is 5.69 Å². The molecule has 1 atom stereocenters. The Kier molecular flexibility index (Phi) is 4.85. The molecule has 0 aliphatic rings. The van der Waals surface area contributed by atoms with Gasteiger partial charge < -0.3 is 15.2 Å². The number of carbonyl (C=O) groups excluding carboxylic acids is 2. The number of hydrogen-bond acceptors (Lipinski definition) is 5. The van der Waals surface area contributed by atoms with Crippen LogP contribution < -0.4 is 5.32 Å². The molecule has 0 aliphatic heterocycles. The van der Waals surface area contributed by atoms with Crippen LogP contribution in [0.1, 0.15) is 23.1 Å². The van der Waals surface area contributed by atoms with Crippen LogP contribution in [0.3, 0.4) is 0 Å². The number of carbonyl (C=O) groups is 2. The molecule has 1 amide bonds. The van der Waals surface area contributed by atoms with Gasteiger partial charge in [0.15, 0.2) is 6.04 Å². The summed E-state index contributed by atoms with van der Waals surface area (Å²) >= 11 is 0. The molecule has 7 nitrogen and oxygen atoms in total. The molecule has 1 rings (SSSR count). The van der Waals surface area contributed by atoms with E-state index in [4.69, 9.17) is 5.11 Å². The first-order valence-corrected chi connectivity index (χ1v) is 5.57. The van der Waals surface area contributed by atoms with E-state index in [1.165, 1.54) is 11.8 Å². The van der Waals surface area contributed by atoms with Gasteiger partial charge in [-0.2, -0.15) is 5.10 Å². The molecule has 0 aliphatic carbocycles. The fraction of sp³-hybridized carbons (Fsp3) is 0.545. The van der Waals surface area contributed by atoms with Crippen LogP contribution in [0.15, 0.2) is 6.07 Å². The maximum atomic E-state index is 11.9. The molecule has 0 spiro atoms. The summed E-state index contributed by atoms with van der Waals surface area (Å²) in [6.45, 7) is 3.65. The first kappa shape index (κ1) is 14.2. The van der Waals surface area contributed by atoms with E-state index in [1.807, 2.05) is 6.92 Å². The van der Waals surface area contributed by atoms with Crippen molar-refractivity contribution in [2.45, 2.75) is 26.4 Å². The molecule has 1 aromatic heterocycles. The maximum absolute atomic E-state index is 11.9. The van der Waals surface area contributed by atoms with Crippen LogP contribution in [0, 0.1) is 6.92 Å². The molecule has 0 bridgehead atoms. The lowest BCUT2D eigenvalue weighted by molar-refractivity contribution is -0.143. The van der Waals surface area contributed by atoms with E-state index in [2.05, 4.69) is 15.2 Å². The monoisotopic (exact) mass is 255 g/mol. The van der Waals surface area contributed by atoms with Crippen molar-refractivity contribution in [3.63, 3.8) is 0 Å². The minimum absolute atomic E-state index is 0.345. The predicted molar refractivity (Wildman–Crippen MR) is 63.0 cm³/mol. The van der Waals surface area contributed by atoms with E-state index < -0.39 is 24.5 Å². The van der Waals surface area contributed by atoms with Gasteiger partial charge in [-0.1, -0.05) is 0 Å². The Morgan fingerprint density at radius 2 is 2.28 bits per heavy atom. The topological polar surface area (TPSA) is 93.5 Å². The van der Waals surface area contributed by atoms with Gasteiger partial charge in [-0.05, 0) is 19.9 Å². The Hall–Kier alpha value is -1.89. The lowest BCUT2D eigenvalue weighted by Crippen LogP contribution is -2.44. The van der Waals surface area contributed by atoms with Crippen molar-refractivity contribution in [3.05, 3.63) is 17.5 Å². The zero-order chi connectivity index (χ0) is 13.7. The SMILES string of the molecule is CCn1nc(C)cc1C(=O)NC(CO)C(=O)OC. The van der Waals surface area contributed by atoms with E-state index in [1.54, 1.807) is 13.0 Å². The minimum Gasteiger partial charge on any atom is -0.467 e. The van der Waals surface area contributed by atoms with Gasteiger partial charge in [0, 0.05) is 6.54 Å². The van der Waals surface area contributed by atoms with Crippen molar-refractivity contribution in [1.29, 1.82) is 0 Å². The van der Waals surface area contributed by atoms with Crippen LogP contribution in [-0.2, 0) is 16.1 Å². The van der Waals surface area contributed by atoms with Crippen molar-refractivity contribution in [3.8, 4) is 0 Å². The zero-order valence-electron chi connectivity index (χ0n) is 10.6. The molecule has 100 valence electrons. The Bertz CT molecular complexity index is 441. The second kappa shape index (κ2) is 6.15. The van der Waals surface area contributed by atoms with Gasteiger partial charge in [-0.3, -0.25) is 9.48 Å². The van der Waals surface area contributed by atoms with Gasteiger partial charge in [0.2, 0.25) is 0 Å². The summed E-state index contributed by atoms with van der Waals surface area (Å²) in [5, 5.41) is 15.5. The molecule has 7 heteroatoms. The first-order valence-electron chi connectivity index (χ1n) is 5.57. The quantitative estimate of drug-likeness (QED) is 0.690. The number of aryl methyl sites for hydroxylation is 2. The Labute approximate surface area is 105 Å². The molecule has 1 unspecified atom stereocenters. The molecular formula is C11H17N3O4. The van der Waals surface area contributed by atoms with Gasteiger partial charge in [0.25, 0.3) is 5.91 Å². The molecule has 2 N–H and O–H groups in total. The fourth-order valence-electron chi connectivity index (χ4n) is 1.52. The summed E-state index contributed by atoms with van der Waals surface area (Å²) in [6, 6.07) is 0.549. The van der Waals surface area contributed by atoms with Crippen molar-refractivity contribution < 1.29 is 19.4 Å². The standard InChI is InChI=1S/C11H17N3O4/c1-4-14-9(5-7(2)13-14)10(16)12-8(6-15)11(17)18-3/h5,8,15H,4,6H2,1-3H3,(H,12,16). The highest BCUT2D eigenvalue weighted by Crippen LogP contribution is 2.04. The van der Waals surface area contributed by atoms with E-state index in [0.29, 0.717) is 17.9 Å². The highest BCUT2D eigenvalue weighted by molar-refractivity contribution is 5.95. The normalized spacial score (nSPS) is 12.0. The van der Waals surface area contributed by atoms with E-state index >= 15 is 0 Å². The first-order chi connectivity index (χ1) is 8.53. The summed E-state index contributed by atoms with van der Waals surface area (Å²) in [6.07, 6.45) is 0. The maximum Gasteiger partial charge on any atom is 0.330 e. The largest absolute Gasteiger partial charge is 0.467 e. The molecule has 18 heavy (non-hydrogen) atoms. The molecule has 0 saturated carbocycles. The Balaban J connectivity index is 2.83. The number of rotatable bonds is 5. The number of hydrogen-bond donors (Lipinski definition) is 2. The van der Waals surface area contributed by atoms with Gasteiger partial charge in [-0.25, -0.2) is 4.79 Å². The molecule has 0 aromatic carbocycles. The minimum atomic E-state index is -1.07. The highest BCUT2D eigenvalue weighted by Gasteiger charge is 2.23. The van der Waals surface area contributed by atoms with Gasteiger partial charge >= 0.3 is 5.97 Å². The third-order valence-electron chi connectivity index (χ3n) is 2.41. The zero-order valence-corrected chi connectivity index (χ0v) is 10.6. The number of esters is 1. The lowest BCUT2D eigenvalue weighted by atomic mass is 10.3. The van der Waals surface area contributed by atoms with Crippen molar-refractivity contribution >= 4 is 11.9 Å². The summed E-state index contributed by atoms with van der Waals surface area (Å²) < 4.78 is 5.99. The van der Waals surface area contributed by atoms with Crippen molar-refractivity contribution in [2.75, 3.05) is 13.7 Å². The number of aliphatic hydroxyl groups excluding tert-OH is 1. The number of methoxy groups -OCH3 is 1. The number of nitrogens with zero attached hydrogens (tertiary/aromatic N) is 2. The average molecular weight is 255 g/mol. The van der Waals surface area contributed by atoms with Crippen molar-refractivity contribution in [1.82, 2.24) is 15.1 Å². The third-order valence-corrected chi connectivity index (χ3v) is 2.41. The molecule has 0 radical (unpaired) electrons. The number of nitrogens with one attached hydrogen (secondary N) is 1. The van der Waals surface area contributed by atoms with Crippen LogP contribution in [-0.4, -0.2) is 46.5 Å². The number of ether oxygens (including phenoxy) is 1. The highest BCUT2D eigenvalue weighted by atomic mass is 16.5. The van der Waals surface area contributed by atoms with Gasteiger partial charge in [-0.15, -0.1) is 0 Å². The summed E-state index contributed by atoms with van der Waals surface area (Å²) in [5.41, 5.74) is 1.05. The number of amides is 1. The predicted octanol–water partition coefficient (Wildman–Crippen LogP) is -0.525. The van der Waals surface area contributed by atoms with Crippen LogP contribution in [0.5, 0.6) is 0 Å². The molecular weight excluding hydrogens is 238 g/mol. The van der Waals surface area contributed by atoms with Crippen LogP contribution in [0.2, 0.25) is 0 Å². The molecule has 0 saturated heterocycles. The lowest BCUT2D eigenvalue weighted by Gasteiger charge is -2.13. The average Bonchev–Trinajstić information content (AvgIpc) is 2.76. The third kappa shape index (κ3) is 3.07. The summed E-state index contributed by atoms with van der Waals surface area (Å²) in [4.78, 5) is 23.2. The molecule has 0 fully saturated rings. The van der Waals surface area contributed by atoms with E-state index in [9.17, 15) is 9.59 Å². The summed E-state index contributed by atoms with van der Waals surface area (Å²) in [5.74, 6) is -1.16. The molecule has 1 heterocycles. The number of aliphatic hydroxyl groups is 1. The van der Waals surface area contributed by atoms with Crippen LogP contribution >= 0.6 is 0 Å². The Morgan fingerprint density at radius 3 is 2.78 bits per heavy atom. The van der Waals surface area contributed by atoms with E-state index in [0.717, 1.165) is 0 Å². The smallest absolute Gasteiger partial charge is 0.330 e. The van der Waals surface area contributed by atoms with Gasteiger partial charge in [0.05, 0.1) is 19.4 Å². The van der Waals surface area contributed by atoms with Crippen LogP contribution in [0.25, 0.3) is 0 Å². The second-order valence-corrected chi connectivity index (χ2v) is 3.72. The molecule has 1 aromatic rings. The number of aromatic nitrogens is 2. The second-order valence-electron chi connectivity index (χ2n) is 3.72. The summed E-state index contributed by atoms with van der Waals surface area (Å²) in [7, 11) is 1.19. The van der Waals surface area contributed by atoms with Crippen LogP contribution in [0.4, 0.5) is 0 Å². The fourth-order valence-corrected chi connectivity index (χ4v) is 1.52. The Morgan fingerprint density at radius 1 is 1.61 bits per heavy atom.